The number of imidazole rings is 1. The molecule has 1 amide bonds. The van der Waals surface area contributed by atoms with Crippen molar-refractivity contribution < 1.29 is 14.4 Å². The molecule has 30 heavy (non-hydrogen) atoms. The van der Waals surface area contributed by atoms with Crippen molar-refractivity contribution in [3.05, 3.63) is 35.5 Å². The maximum Gasteiger partial charge on any atom is 0.220 e. The molecule has 2 fully saturated rings. The highest BCUT2D eigenvalue weighted by Gasteiger charge is 2.34. The van der Waals surface area contributed by atoms with Crippen LogP contribution in [0.2, 0.25) is 0 Å². The summed E-state index contributed by atoms with van der Waals surface area (Å²) in [4.78, 5) is 16.9. The molecule has 2 aromatic heterocycles. The first-order valence-corrected chi connectivity index (χ1v) is 10.8. The van der Waals surface area contributed by atoms with E-state index in [1.807, 2.05) is 20.8 Å². The molecule has 0 unspecified atom stereocenters. The maximum atomic E-state index is 11.9. The summed E-state index contributed by atoms with van der Waals surface area (Å²) in [7, 11) is 0. The zero-order valence-electron chi connectivity index (χ0n) is 17.7. The van der Waals surface area contributed by atoms with E-state index in [0.29, 0.717) is 6.42 Å². The van der Waals surface area contributed by atoms with Gasteiger partial charge in [0.25, 0.3) is 0 Å². The number of aromatic nitrogens is 3. The van der Waals surface area contributed by atoms with E-state index >= 15 is 0 Å². The molecule has 5 rings (SSSR count). The summed E-state index contributed by atoms with van der Waals surface area (Å²) in [6.07, 6.45) is 4.65. The number of nitrogens with zero attached hydrogens (tertiary/aromatic N) is 3. The van der Waals surface area contributed by atoms with Gasteiger partial charge in [0, 0.05) is 18.0 Å². The Kier molecular flexibility index (Phi) is 4.47. The molecular formula is C23H28N4O3. The molecule has 0 radical (unpaired) electrons. The Labute approximate surface area is 175 Å². The minimum Gasteiger partial charge on any atom is -0.390 e. The van der Waals surface area contributed by atoms with Gasteiger partial charge in [-0.2, -0.15) is 0 Å². The number of rotatable bonds is 3. The number of hydrogen-bond donors (Lipinski definition) is 2. The van der Waals surface area contributed by atoms with Gasteiger partial charge in [-0.15, -0.1) is 0 Å². The van der Waals surface area contributed by atoms with Crippen molar-refractivity contribution in [3.8, 4) is 11.1 Å². The number of hydrogen-bond acceptors (Lipinski definition) is 5. The van der Waals surface area contributed by atoms with Gasteiger partial charge in [0.2, 0.25) is 5.91 Å². The van der Waals surface area contributed by atoms with Gasteiger partial charge < -0.3 is 19.5 Å². The summed E-state index contributed by atoms with van der Waals surface area (Å²) in [5, 5.41) is 17.6. The zero-order valence-corrected chi connectivity index (χ0v) is 17.7. The number of aryl methyl sites for hydroxylation is 2. The second kappa shape index (κ2) is 6.94. The number of nitrogens with one attached hydrogen (secondary N) is 1. The van der Waals surface area contributed by atoms with Crippen LogP contribution in [0, 0.1) is 13.8 Å². The van der Waals surface area contributed by atoms with Crippen molar-refractivity contribution in [1.29, 1.82) is 0 Å². The minimum atomic E-state index is -0.592. The number of aliphatic hydroxyl groups is 1. The van der Waals surface area contributed by atoms with Crippen LogP contribution in [0.4, 0.5) is 0 Å². The SMILES string of the molecule is Cc1noc(C)c1-c1ccc2c(c1)nc([C@@H]1CCC(=O)N1)n2C1CCC(C)(O)CC1. The number of fused-ring (bicyclic) bond motifs is 1. The molecule has 1 aliphatic carbocycles. The summed E-state index contributed by atoms with van der Waals surface area (Å²) in [5.74, 6) is 1.81. The second-order valence-corrected chi connectivity index (χ2v) is 9.13. The molecular weight excluding hydrogens is 380 g/mol. The first-order valence-electron chi connectivity index (χ1n) is 10.8. The minimum absolute atomic E-state index is 0.0603. The van der Waals surface area contributed by atoms with Crippen molar-refractivity contribution in [2.45, 2.75) is 77.0 Å². The molecule has 0 bridgehead atoms. The molecule has 1 saturated heterocycles. The van der Waals surface area contributed by atoms with E-state index in [2.05, 4.69) is 33.2 Å². The maximum absolute atomic E-state index is 11.9. The Morgan fingerprint density at radius 1 is 1.23 bits per heavy atom. The lowest BCUT2D eigenvalue weighted by Crippen LogP contribution is -2.32. The van der Waals surface area contributed by atoms with Crippen molar-refractivity contribution in [1.82, 2.24) is 20.0 Å². The molecule has 3 aromatic rings. The lowest BCUT2D eigenvalue weighted by Gasteiger charge is -2.35. The van der Waals surface area contributed by atoms with Crippen LogP contribution in [0.5, 0.6) is 0 Å². The van der Waals surface area contributed by atoms with Gasteiger partial charge in [-0.05, 0) is 70.6 Å². The Morgan fingerprint density at radius 2 is 2.00 bits per heavy atom. The molecule has 7 nitrogen and oxygen atoms in total. The first-order chi connectivity index (χ1) is 14.3. The molecule has 3 heterocycles. The average Bonchev–Trinajstić information content (AvgIpc) is 3.38. The molecule has 1 saturated carbocycles. The number of carbonyl (C=O) groups is 1. The fourth-order valence-corrected chi connectivity index (χ4v) is 5.09. The van der Waals surface area contributed by atoms with Crippen LogP contribution in [0.3, 0.4) is 0 Å². The monoisotopic (exact) mass is 408 g/mol. The number of carbonyl (C=O) groups excluding carboxylic acids is 1. The van der Waals surface area contributed by atoms with Crippen LogP contribution in [0.1, 0.15) is 74.8 Å². The summed E-state index contributed by atoms with van der Waals surface area (Å²) in [6, 6.07) is 6.53. The molecule has 7 heteroatoms. The standard InChI is InChI=1S/C23H28N4O3/c1-13-21(14(2)30-26-13)15-4-6-19-18(12-15)25-22(17-5-7-20(28)24-17)27(19)16-8-10-23(3,29)11-9-16/h4,6,12,16-17,29H,5,7-11H2,1-3H3,(H,24,28)/t16?,17-,23?/m0/s1. The molecule has 1 atom stereocenters. The lowest BCUT2D eigenvalue weighted by atomic mass is 9.83. The van der Waals surface area contributed by atoms with Gasteiger partial charge in [-0.25, -0.2) is 4.98 Å². The third-order valence-electron chi connectivity index (χ3n) is 6.74. The smallest absolute Gasteiger partial charge is 0.220 e. The van der Waals surface area contributed by atoms with Crippen molar-refractivity contribution in [2.24, 2.45) is 0 Å². The van der Waals surface area contributed by atoms with E-state index in [1.54, 1.807) is 0 Å². The van der Waals surface area contributed by atoms with Crippen molar-refractivity contribution >= 4 is 16.9 Å². The van der Waals surface area contributed by atoms with E-state index in [-0.39, 0.29) is 18.0 Å². The summed E-state index contributed by atoms with van der Waals surface area (Å²) >= 11 is 0. The predicted molar refractivity (Wildman–Crippen MR) is 113 cm³/mol. The van der Waals surface area contributed by atoms with Crippen molar-refractivity contribution in [2.75, 3.05) is 0 Å². The molecule has 158 valence electrons. The highest BCUT2D eigenvalue weighted by atomic mass is 16.5. The van der Waals surface area contributed by atoms with Crippen LogP contribution in [-0.4, -0.2) is 31.3 Å². The van der Waals surface area contributed by atoms with Crippen LogP contribution in [0.25, 0.3) is 22.2 Å². The molecule has 1 aromatic carbocycles. The van der Waals surface area contributed by atoms with Gasteiger partial charge in [0.15, 0.2) is 0 Å². The Bertz CT molecular complexity index is 1100. The summed E-state index contributed by atoms with van der Waals surface area (Å²) in [6.45, 7) is 5.79. The fourth-order valence-electron chi connectivity index (χ4n) is 5.09. The van der Waals surface area contributed by atoms with Gasteiger partial charge in [0.1, 0.15) is 11.6 Å². The third kappa shape index (κ3) is 3.21. The van der Waals surface area contributed by atoms with E-state index in [4.69, 9.17) is 9.51 Å². The van der Waals surface area contributed by atoms with Gasteiger partial charge in [-0.3, -0.25) is 4.79 Å². The van der Waals surface area contributed by atoms with Crippen LogP contribution < -0.4 is 5.32 Å². The number of amides is 1. The largest absolute Gasteiger partial charge is 0.390 e. The van der Waals surface area contributed by atoms with Crippen molar-refractivity contribution in [3.63, 3.8) is 0 Å². The second-order valence-electron chi connectivity index (χ2n) is 9.13. The van der Waals surface area contributed by atoms with E-state index in [1.165, 1.54) is 0 Å². The van der Waals surface area contributed by atoms with Gasteiger partial charge in [0.05, 0.1) is 28.4 Å². The first kappa shape index (κ1) is 19.3. The van der Waals surface area contributed by atoms with E-state index in [9.17, 15) is 9.90 Å². The quantitative estimate of drug-likeness (QED) is 0.680. The van der Waals surface area contributed by atoms with Crippen LogP contribution in [0.15, 0.2) is 22.7 Å². The molecule has 2 aliphatic rings. The van der Waals surface area contributed by atoms with E-state index < -0.39 is 5.60 Å². The zero-order chi connectivity index (χ0) is 21.0. The Balaban J connectivity index is 1.62. The highest BCUT2D eigenvalue weighted by molar-refractivity contribution is 5.84. The Hall–Kier alpha value is -2.67. The number of benzene rings is 1. The third-order valence-corrected chi connectivity index (χ3v) is 6.74. The molecule has 0 spiro atoms. The topological polar surface area (TPSA) is 93.2 Å². The Morgan fingerprint density at radius 3 is 2.63 bits per heavy atom. The van der Waals surface area contributed by atoms with E-state index in [0.717, 1.165) is 71.5 Å². The highest BCUT2D eigenvalue weighted by Crippen LogP contribution is 2.40. The summed E-state index contributed by atoms with van der Waals surface area (Å²) in [5.41, 5.74) is 4.32. The normalized spacial score (nSPS) is 27.0. The lowest BCUT2D eigenvalue weighted by molar-refractivity contribution is -0.119. The van der Waals surface area contributed by atoms with Gasteiger partial charge >= 0.3 is 0 Å². The fraction of sp³-hybridized carbons (Fsp3) is 0.522. The predicted octanol–water partition coefficient (Wildman–Crippen LogP) is 4.13. The average molecular weight is 409 g/mol. The van der Waals surface area contributed by atoms with Crippen LogP contribution >= 0.6 is 0 Å². The van der Waals surface area contributed by atoms with Crippen LogP contribution in [-0.2, 0) is 4.79 Å². The molecule has 1 aliphatic heterocycles. The summed E-state index contributed by atoms with van der Waals surface area (Å²) < 4.78 is 7.67. The van der Waals surface area contributed by atoms with Gasteiger partial charge in [-0.1, -0.05) is 11.2 Å². The molecule has 2 N–H and O–H groups in total.